The third kappa shape index (κ3) is 5.05. The van der Waals surface area contributed by atoms with Crippen molar-refractivity contribution in [3.63, 3.8) is 0 Å². The first-order chi connectivity index (χ1) is 15.0. The average Bonchev–Trinajstić information content (AvgIpc) is 3.20. The molecule has 4 rings (SSSR count). The zero-order chi connectivity index (χ0) is 21.9. The molecule has 7 heteroatoms. The van der Waals surface area contributed by atoms with Gasteiger partial charge in [-0.3, -0.25) is 9.89 Å². The van der Waals surface area contributed by atoms with E-state index >= 15 is 0 Å². The summed E-state index contributed by atoms with van der Waals surface area (Å²) < 4.78 is 12.0. The van der Waals surface area contributed by atoms with Gasteiger partial charge in [-0.05, 0) is 56.1 Å². The molecule has 2 atom stereocenters. The Labute approximate surface area is 190 Å². The van der Waals surface area contributed by atoms with E-state index in [9.17, 15) is 0 Å². The van der Waals surface area contributed by atoms with E-state index in [-0.39, 0.29) is 11.0 Å². The summed E-state index contributed by atoms with van der Waals surface area (Å²) in [5, 5.41) is 4.05. The van der Waals surface area contributed by atoms with Crippen LogP contribution in [0.1, 0.15) is 61.8 Å². The topological polar surface area (TPSA) is 72.4 Å². The van der Waals surface area contributed by atoms with E-state index in [2.05, 4.69) is 36.8 Å². The molecule has 4 heterocycles. The summed E-state index contributed by atoms with van der Waals surface area (Å²) in [6, 6.07) is 2.82. The van der Waals surface area contributed by atoms with Crippen molar-refractivity contribution in [2.24, 2.45) is 21.4 Å². The Morgan fingerprint density at radius 3 is 2.84 bits per heavy atom. The van der Waals surface area contributed by atoms with Crippen molar-refractivity contribution >= 4 is 23.3 Å². The Morgan fingerprint density at radius 2 is 2.13 bits per heavy atom. The second kappa shape index (κ2) is 9.69. The van der Waals surface area contributed by atoms with E-state index in [1.54, 1.807) is 4.88 Å². The van der Waals surface area contributed by atoms with Crippen LogP contribution in [0.5, 0.6) is 0 Å². The van der Waals surface area contributed by atoms with Crippen LogP contribution in [0.15, 0.2) is 16.2 Å². The number of aliphatic imine (C=N–C) groups is 1. The van der Waals surface area contributed by atoms with Crippen LogP contribution in [0.4, 0.5) is 0 Å². The van der Waals surface area contributed by atoms with Gasteiger partial charge in [0.2, 0.25) is 0 Å². The molecule has 3 aliphatic rings. The van der Waals surface area contributed by atoms with Crippen molar-refractivity contribution in [2.75, 3.05) is 39.5 Å². The zero-order valence-electron chi connectivity index (χ0n) is 19.4. The van der Waals surface area contributed by atoms with Gasteiger partial charge in [0.05, 0.1) is 17.9 Å². The van der Waals surface area contributed by atoms with Crippen LogP contribution < -0.4 is 5.84 Å². The van der Waals surface area contributed by atoms with Crippen molar-refractivity contribution in [1.82, 2.24) is 4.90 Å². The van der Waals surface area contributed by atoms with Gasteiger partial charge in [-0.1, -0.05) is 13.8 Å². The maximum atomic E-state index is 6.47. The van der Waals surface area contributed by atoms with Crippen LogP contribution in [-0.2, 0) is 27.9 Å². The predicted octanol–water partition coefficient (Wildman–Crippen LogP) is 3.77. The van der Waals surface area contributed by atoms with Crippen LogP contribution in [0.3, 0.4) is 0 Å². The predicted molar refractivity (Wildman–Crippen MR) is 128 cm³/mol. The molecule has 0 saturated carbocycles. The van der Waals surface area contributed by atoms with Gasteiger partial charge in [-0.15, -0.1) is 11.3 Å². The Hall–Kier alpha value is -1.28. The molecular weight excluding hydrogens is 408 g/mol. The molecule has 0 aliphatic carbocycles. The molecular formula is C24H38N4O2S. The molecule has 1 aromatic rings. The molecule has 31 heavy (non-hydrogen) atoms. The number of nitrogens with zero attached hydrogens (tertiary/aromatic N) is 3. The maximum absolute atomic E-state index is 6.47. The Morgan fingerprint density at radius 1 is 1.32 bits per heavy atom. The normalized spacial score (nSPS) is 29.5. The highest BCUT2D eigenvalue weighted by atomic mass is 32.1. The summed E-state index contributed by atoms with van der Waals surface area (Å²) in [5.74, 6) is 5.73. The number of likely N-dealkylation sites (tertiary alicyclic amines) is 1. The van der Waals surface area contributed by atoms with Crippen LogP contribution in [-0.4, -0.2) is 62.3 Å². The van der Waals surface area contributed by atoms with E-state index in [1.165, 1.54) is 10.4 Å². The van der Waals surface area contributed by atoms with Crippen LogP contribution >= 0.6 is 11.3 Å². The molecule has 172 valence electrons. The summed E-state index contributed by atoms with van der Waals surface area (Å²) in [6.07, 6.45) is 8.23. The van der Waals surface area contributed by atoms with Crippen molar-refractivity contribution in [3.8, 4) is 0 Å². The van der Waals surface area contributed by atoms with Crippen molar-refractivity contribution < 1.29 is 9.47 Å². The molecule has 0 bridgehead atoms. The van der Waals surface area contributed by atoms with Crippen LogP contribution in [0.25, 0.3) is 0 Å². The monoisotopic (exact) mass is 446 g/mol. The molecule has 0 unspecified atom stereocenters. The van der Waals surface area contributed by atoms with Gasteiger partial charge < -0.3 is 15.3 Å². The van der Waals surface area contributed by atoms with Gasteiger partial charge in [0.1, 0.15) is 0 Å². The summed E-state index contributed by atoms with van der Waals surface area (Å²) in [7, 11) is 0. The maximum Gasteiger partial charge on any atom is 0.0969 e. The Kier molecular flexibility index (Phi) is 7.16. The third-order valence-electron chi connectivity index (χ3n) is 7.40. The lowest BCUT2D eigenvalue weighted by Crippen LogP contribution is -2.51. The summed E-state index contributed by atoms with van der Waals surface area (Å²) in [4.78, 5) is 10.2. The number of hydrogen-bond donors (Lipinski definition) is 1. The first-order valence-electron chi connectivity index (χ1n) is 11.8. The Bertz CT molecular complexity index is 815. The van der Waals surface area contributed by atoms with Gasteiger partial charge in [0, 0.05) is 61.3 Å². The highest BCUT2D eigenvalue weighted by Crippen LogP contribution is 2.46. The van der Waals surface area contributed by atoms with Crippen molar-refractivity contribution in [1.29, 1.82) is 0 Å². The van der Waals surface area contributed by atoms with Crippen molar-refractivity contribution in [2.45, 2.75) is 70.9 Å². The highest BCUT2D eigenvalue weighted by molar-refractivity contribution is 7.12. The summed E-state index contributed by atoms with van der Waals surface area (Å²) in [5.41, 5.74) is 2.44. The molecule has 6 nitrogen and oxygen atoms in total. The van der Waals surface area contributed by atoms with Gasteiger partial charge in [0.15, 0.2) is 0 Å². The fourth-order valence-corrected chi connectivity index (χ4v) is 6.40. The quantitative estimate of drug-likeness (QED) is 0.410. The molecule has 1 spiro atoms. The van der Waals surface area contributed by atoms with Gasteiger partial charge in [-0.25, -0.2) is 0 Å². The molecule has 2 fully saturated rings. The largest absolute Gasteiger partial charge is 0.381 e. The highest BCUT2D eigenvalue weighted by Gasteiger charge is 2.44. The number of thiophene rings is 1. The molecule has 0 amide bonds. The lowest BCUT2D eigenvalue weighted by Gasteiger charge is -2.47. The van der Waals surface area contributed by atoms with Gasteiger partial charge in [-0.2, -0.15) is 5.10 Å². The number of piperidine rings is 1. The first kappa shape index (κ1) is 22.9. The lowest BCUT2D eigenvalue weighted by molar-refractivity contribution is -0.108. The van der Waals surface area contributed by atoms with E-state index in [0.29, 0.717) is 6.04 Å². The minimum Gasteiger partial charge on any atom is -0.381 e. The number of aryl methyl sites for hydroxylation is 1. The molecule has 0 aromatic carbocycles. The minimum absolute atomic E-state index is 0.112. The molecule has 0 radical (unpaired) electrons. The van der Waals surface area contributed by atoms with E-state index in [4.69, 9.17) is 20.3 Å². The second-order valence-electron chi connectivity index (χ2n) is 9.78. The number of nitrogens with two attached hydrogens (primary N) is 1. The standard InChI is InChI=1S/C24H38N4O2S/c1-4-20-13-21-22(31-20)5-10-30-24(21)6-9-28(18(2)14-24)16-19(27-25)15-26-17-23(3)7-11-29-12-8-23/h13,15,18H,4-12,14,16-17,25H2,1-3H3/b26-15?,27-19+/t18-,24+/m0/s1. The van der Waals surface area contributed by atoms with Gasteiger partial charge >= 0.3 is 0 Å². The van der Waals surface area contributed by atoms with Gasteiger partial charge in [0.25, 0.3) is 0 Å². The number of fused-ring (bicyclic) bond motifs is 2. The number of hydrazone groups is 1. The lowest BCUT2D eigenvalue weighted by atomic mass is 9.79. The van der Waals surface area contributed by atoms with E-state index < -0.39 is 0 Å². The number of hydrogen-bond acceptors (Lipinski definition) is 7. The third-order valence-corrected chi connectivity index (χ3v) is 8.74. The summed E-state index contributed by atoms with van der Waals surface area (Å²) in [6.45, 7) is 11.9. The fraction of sp³-hybridized carbons (Fsp3) is 0.750. The van der Waals surface area contributed by atoms with Crippen molar-refractivity contribution in [3.05, 3.63) is 21.4 Å². The molecule has 3 aliphatic heterocycles. The minimum atomic E-state index is -0.112. The van der Waals surface area contributed by atoms with Crippen LogP contribution in [0, 0.1) is 5.41 Å². The fourth-order valence-electron chi connectivity index (χ4n) is 5.23. The van der Waals surface area contributed by atoms with E-state index in [1.807, 2.05) is 17.6 Å². The smallest absolute Gasteiger partial charge is 0.0969 e. The molecule has 2 saturated heterocycles. The second-order valence-corrected chi connectivity index (χ2v) is 11.0. The molecule has 1 aromatic heterocycles. The molecule has 2 N–H and O–H groups in total. The number of rotatable bonds is 6. The average molecular weight is 447 g/mol. The summed E-state index contributed by atoms with van der Waals surface area (Å²) >= 11 is 1.99. The first-order valence-corrected chi connectivity index (χ1v) is 12.6. The van der Waals surface area contributed by atoms with E-state index in [0.717, 1.165) is 83.7 Å². The zero-order valence-corrected chi connectivity index (χ0v) is 20.2. The Balaban J connectivity index is 1.37. The SMILES string of the molecule is CCc1cc2c(s1)CCO[C@@]21CCN(C/C(C=NCC2(C)CCOCC2)=N/N)[C@@H](C)C1. The van der Waals surface area contributed by atoms with Crippen LogP contribution in [0.2, 0.25) is 0 Å². The number of ether oxygens (including phenoxy) is 2.